The SMILES string of the molecule is CCC[C@H]1C(=O)N[C@@H]([C@@H](C)CC)C(=O)N2CC[C@H]2C(=O)N(C)[C@H]2C/C=C\CCN(C2=O)[C@@H](CC2CCC(C(F)(F)F)CC2)C(=O)N(C)CC(=O)N[C@@H](CCC2CC(F)C(C(F)(F)F)C(F)C2)C(=O)N2C[C@H](OCC)C[C@H]2C(=O)NC2(CC(C)(C)C2)C(=O)N(C)[C@@H](C2CCCC2)C(=O)N(C)[C@H](C(=O)N(C)C)CC(=O)N1C. The van der Waals surface area contributed by atoms with Crippen LogP contribution >= 0.6 is 0 Å². The van der Waals surface area contributed by atoms with Crippen LogP contribution in [-0.4, -0.2) is 288 Å². The van der Waals surface area contributed by atoms with Crippen molar-refractivity contribution in [2.24, 2.45) is 40.9 Å². The van der Waals surface area contributed by atoms with E-state index >= 15 is 47.1 Å². The predicted octanol–water partition coefficient (Wildman–Crippen LogP) is 6.88. The fraction of sp³-hybridized carbons (Fsp3) is 0.818. The Kier molecular flexibility index (Phi) is 29.5. The predicted molar refractivity (Wildman–Crippen MR) is 388 cm³/mol. The summed E-state index contributed by atoms with van der Waals surface area (Å²) in [5, 5.41) is 8.52. The van der Waals surface area contributed by atoms with Gasteiger partial charge in [0.2, 0.25) is 70.9 Å². The molecule has 3 N–H and O–H groups in total. The van der Waals surface area contributed by atoms with Crippen LogP contribution in [0.2, 0.25) is 0 Å². The van der Waals surface area contributed by atoms with E-state index in [2.05, 4.69) is 16.0 Å². The van der Waals surface area contributed by atoms with Gasteiger partial charge in [-0.15, -0.1) is 0 Å². The van der Waals surface area contributed by atoms with Crippen molar-refractivity contribution in [1.29, 1.82) is 0 Å². The molecule has 4 aliphatic heterocycles. The quantitative estimate of drug-likeness (QED) is 0.125. The number of carbonyl (C=O) groups excluding carboxylic acids is 12. The highest BCUT2D eigenvalue weighted by molar-refractivity contribution is 6.01. The normalized spacial score (nSPS) is 33.1. The molecule has 0 radical (unpaired) electrons. The minimum Gasteiger partial charge on any atom is -0.377 e. The van der Waals surface area contributed by atoms with Gasteiger partial charge in [-0.25, -0.2) is 8.78 Å². The number of alkyl halides is 8. The van der Waals surface area contributed by atoms with Crippen molar-refractivity contribution in [1.82, 2.24) is 60.0 Å². The second-order valence-corrected chi connectivity index (χ2v) is 33.6. The van der Waals surface area contributed by atoms with Gasteiger partial charge >= 0.3 is 12.4 Å². The molecular weight excluding hydrogens is 1450 g/mol. The van der Waals surface area contributed by atoms with Crippen molar-refractivity contribution in [2.75, 3.05) is 82.1 Å². The second-order valence-electron chi connectivity index (χ2n) is 33.6. The largest absolute Gasteiger partial charge is 0.397 e. The van der Waals surface area contributed by atoms with Crippen molar-refractivity contribution >= 4 is 70.9 Å². The number of hydrogen-bond donors (Lipinski definition) is 3. The Morgan fingerprint density at radius 3 is 1.83 bits per heavy atom. The van der Waals surface area contributed by atoms with E-state index in [9.17, 15) is 45.5 Å². The molecule has 2 bridgehead atoms. The van der Waals surface area contributed by atoms with Gasteiger partial charge in [-0.05, 0) is 145 Å². The third-order valence-electron chi connectivity index (χ3n) is 24.9. The highest BCUT2D eigenvalue weighted by Crippen LogP contribution is 2.50. The maximum atomic E-state index is 15.8. The van der Waals surface area contributed by atoms with E-state index < -0.39 is 235 Å². The summed E-state index contributed by atoms with van der Waals surface area (Å²) in [5.41, 5.74) is -2.36. The highest BCUT2D eigenvalue weighted by atomic mass is 19.4. The lowest BCUT2D eigenvalue weighted by atomic mass is 9.58. The highest BCUT2D eigenvalue weighted by Gasteiger charge is 2.60. The smallest absolute Gasteiger partial charge is 0.377 e. The number of rotatable bonds is 13. The summed E-state index contributed by atoms with van der Waals surface area (Å²) in [7, 11) is 9.63. The summed E-state index contributed by atoms with van der Waals surface area (Å²) in [6.45, 7) is 9.51. The molecular formula is C77H118F8N12O13. The van der Waals surface area contributed by atoms with Crippen molar-refractivity contribution in [3.05, 3.63) is 12.2 Å². The van der Waals surface area contributed by atoms with Crippen LogP contribution in [0.25, 0.3) is 0 Å². The number of carbonyl (C=O) groups is 12. The summed E-state index contributed by atoms with van der Waals surface area (Å²) in [5.74, 6) is -16.6. The zero-order valence-electron chi connectivity index (χ0n) is 66.2. The van der Waals surface area contributed by atoms with Gasteiger partial charge in [0.1, 0.15) is 78.2 Å². The number of nitrogens with zero attached hydrogens (tertiary/aromatic N) is 9. The van der Waals surface area contributed by atoms with E-state index in [1.165, 1.54) is 78.7 Å². The topological polar surface area (TPSA) is 279 Å². The first-order valence-electron chi connectivity index (χ1n) is 39.5. The van der Waals surface area contributed by atoms with Crippen LogP contribution in [0.3, 0.4) is 0 Å². The van der Waals surface area contributed by atoms with E-state index in [-0.39, 0.29) is 110 Å². The molecule has 12 amide bonds. The summed E-state index contributed by atoms with van der Waals surface area (Å²) in [6, 6.07) is -12.5. The van der Waals surface area contributed by atoms with Gasteiger partial charge in [0, 0.05) is 82.0 Å². The number of likely N-dealkylation sites (N-methyl/N-ethyl adjacent to an activating group) is 6. The number of ether oxygens (including phenoxy) is 1. The first kappa shape index (κ1) is 88.3. The van der Waals surface area contributed by atoms with Crippen LogP contribution < -0.4 is 16.0 Å². The molecule has 4 heterocycles. The molecule has 4 aliphatic carbocycles. The number of nitrogens with one attached hydrogen (secondary N) is 3. The van der Waals surface area contributed by atoms with Gasteiger partial charge in [0.05, 0.1) is 25.0 Å². The van der Waals surface area contributed by atoms with Gasteiger partial charge in [-0.2, -0.15) is 26.3 Å². The lowest BCUT2D eigenvalue weighted by molar-refractivity contribution is -0.219. The molecule has 7 fully saturated rings. The average Bonchev–Trinajstić information content (AvgIpc) is 0.920. The summed E-state index contributed by atoms with van der Waals surface area (Å²) in [4.78, 5) is 193. The van der Waals surface area contributed by atoms with Crippen LogP contribution in [0.5, 0.6) is 0 Å². The van der Waals surface area contributed by atoms with E-state index in [0.717, 1.165) is 14.7 Å². The van der Waals surface area contributed by atoms with Gasteiger partial charge in [-0.1, -0.05) is 72.5 Å². The van der Waals surface area contributed by atoms with Crippen molar-refractivity contribution in [3.63, 3.8) is 0 Å². The molecule has 110 heavy (non-hydrogen) atoms. The first-order valence-corrected chi connectivity index (χ1v) is 39.5. The Morgan fingerprint density at radius 2 is 1.27 bits per heavy atom. The Labute approximate surface area is 641 Å². The van der Waals surface area contributed by atoms with Crippen molar-refractivity contribution in [3.8, 4) is 0 Å². The molecule has 620 valence electrons. The van der Waals surface area contributed by atoms with E-state index in [4.69, 9.17) is 4.74 Å². The van der Waals surface area contributed by atoms with Gasteiger partial charge < -0.3 is 64.8 Å². The number of halogens is 8. The molecule has 13 atom stereocenters. The molecule has 8 rings (SSSR count). The van der Waals surface area contributed by atoms with Crippen LogP contribution in [-0.2, 0) is 62.3 Å². The Balaban J connectivity index is 1.22. The molecule has 0 aromatic rings. The monoisotopic (exact) mass is 1570 g/mol. The first-order chi connectivity index (χ1) is 51.5. The maximum Gasteiger partial charge on any atom is 0.397 e. The fourth-order valence-electron chi connectivity index (χ4n) is 18.5. The molecule has 4 saturated carbocycles. The molecule has 8 aliphatic rings. The third kappa shape index (κ3) is 20.2. The van der Waals surface area contributed by atoms with Crippen molar-refractivity contribution < 1.29 is 97.4 Å². The number of amides is 12. The summed E-state index contributed by atoms with van der Waals surface area (Å²) < 4.78 is 122. The lowest BCUT2D eigenvalue weighted by Gasteiger charge is -2.54. The van der Waals surface area contributed by atoms with Crippen LogP contribution in [0.1, 0.15) is 189 Å². The molecule has 0 aromatic heterocycles. The zero-order chi connectivity index (χ0) is 81.6. The van der Waals surface area contributed by atoms with Crippen LogP contribution in [0.15, 0.2) is 12.2 Å². The average molecular weight is 1570 g/mol. The minimum absolute atomic E-state index is 0.00106. The Bertz CT molecular complexity index is 3350. The lowest BCUT2D eigenvalue weighted by Crippen LogP contribution is -2.71. The van der Waals surface area contributed by atoms with Crippen LogP contribution in [0.4, 0.5) is 35.1 Å². The van der Waals surface area contributed by atoms with E-state index in [0.29, 0.717) is 38.5 Å². The molecule has 3 saturated heterocycles. The van der Waals surface area contributed by atoms with Gasteiger partial charge in [0.15, 0.2) is 0 Å². The zero-order valence-corrected chi connectivity index (χ0v) is 66.2. The molecule has 1 spiro atoms. The summed E-state index contributed by atoms with van der Waals surface area (Å²) in [6.07, 6.45) is -13.2. The van der Waals surface area contributed by atoms with Gasteiger partial charge in [-0.3, -0.25) is 57.5 Å². The number of fused-ring (bicyclic) bond motifs is 4. The third-order valence-corrected chi connectivity index (χ3v) is 24.9. The molecule has 25 nitrogen and oxygen atoms in total. The second kappa shape index (κ2) is 36.7. The molecule has 2 unspecified atom stereocenters. The standard InChI is InChI=1S/C77H118F8N12O13/c1-14-22-53-64(100)87-62(44(4)15-2)71(107)96-34-32-55(96)69(105)92(11)54-25-18-17-21-33-95(70(54)106)58(37-45-26-29-48(30-27-45)76(80,81)82)68(104)90(9)41-59(98)86-52(31-28-46-35-50(78)61(51(79)36-46)77(83,84)85)66(102)97-40-49(110-16-3)38-56(97)65(101)88-75(42-74(5,6)43-75)73(109)94(13)63(47-23-19-20-24-47)72(108)93(12)57(67(103)89(7)8)39-60(99)91(53)10/h17-18,44-58,61-63H,14-16,19-43H2,1-13H3,(H,86,98)(H,87,100)(H,88,101)/b18-17-/t44-,45?,46?,48?,49+,50?,51?,52-,53-,54-,55-,56-,57-,58-,61?,62-,63-/m0/s1. The van der Waals surface area contributed by atoms with Crippen molar-refractivity contribution in [2.45, 2.75) is 280 Å². The van der Waals surface area contributed by atoms with E-state index in [1.807, 2.05) is 13.8 Å². The Hall–Kier alpha value is -7.22. The minimum atomic E-state index is -5.22. The van der Waals surface area contributed by atoms with E-state index in [1.54, 1.807) is 39.8 Å². The summed E-state index contributed by atoms with van der Waals surface area (Å²) >= 11 is 0. The molecule has 0 aromatic carbocycles. The Morgan fingerprint density at radius 1 is 0.636 bits per heavy atom. The number of hydrogen-bond acceptors (Lipinski definition) is 13. The van der Waals surface area contributed by atoms with Crippen LogP contribution in [0, 0.1) is 40.9 Å². The molecule has 33 heteroatoms. The van der Waals surface area contributed by atoms with Gasteiger partial charge in [0.25, 0.3) is 0 Å². The fourth-order valence-corrected chi connectivity index (χ4v) is 18.5. The maximum absolute atomic E-state index is 15.8.